The number of carbonyl (C=O) groups excluding carboxylic acids is 2. The number of rotatable bonds is 11. The Balaban J connectivity index is 1.70. The van der Waals surface area contributed by atoms with Gasteiger partial charge in [0.25, 0.3) is 10.0 Å². The van der Waals surface area contributed by atoms with Crippen LogP contribution in [0.3, 0.4) is 0 Å². The third-order valence-corrected chi connectivity index (χ3v) is 9.04. The van der Waals surface area contributed by atoms with Crippen molar-refractivity contribution in [3.8, 4) is 0 Å². The van der Waals surface area contributed by atoms with E-state index in [-0.39, 0.29) is 29.1 Å². The first-order valence-electron chi connectivity index (χ1n) is 13.7. The number of hydrogen-bond donors (Lipinski definition) is 1. The van der Waals surface area contributed by atoms with Crippen molar-refractivity contribution in [1.29, 1.82) is 0 Å². The number of anilines is 1. The summed E-state index contributed by atoms with van der Waals surface area (Å²) in [5.74, 6) is -1.30. The predicted molar refractivity (Wildman–Crippen MR) is 154 cm³/mol. The summed E-state index contributed by atoms with van der Waals surface area (Å²) in [5, 5.41) is 3.10. The molecule has 1 aliphatic rings. The Bertz CT molecular complexity index is 1410. The van der Waals surface area contributed by atoms with E-state index < -0.39 is 34.3 Å². The zero-order valence-corrected chi connectivity index (χ0v) is 23.7. The van der Waals surface area contributed by atoms with Crippen LogP contribution in [0.4, 0.5) is 10.1 Å². The normalized spacial score (nSPS) is 14.5. The van der Waals surface area contributed by atoms with E-state index in [2.05, 4.69) is 5.32 Å². The third-order valence-electron chi connectivity index (χ3n) is 7.25. The van der Waals surface area contributed by atoms with Gasteiger partial charge in [-0.15, -0.1) is 0 Å². The maximum Gasteiger partial charge on any atom is 0.264 e. The van der Waals surface area contributed by atoms with Crippen LogP contribution in [0.1, 0.15) is 50.2 Å². The Morgan fingerprint density at radius 3 is 2.27 bits per heavy atom. The van der Waals surface area contributed by atoms with Crippen molar-refractivity contribution in [3.63, 3.8) is 0 Å². The fourth-order valence-corrected chi connectivity index (χ4v) is 6.59. The molecule has 0 heterocycles. The van der Waals surface area contributed by atoms with Crippen LogP contribution < -0.4 is 9.62 Å². The highest BCUT2D eigenvalue weighted by Gasteiger charge is 2.34. The maximum absolute atomic E-state index is 14.1. The largest absolute Gasteiger partial charge is 0.352 e. The highest BCUT2D eigenvalue weighted by molar-refractivity contribution is 7.92. The molecular weight excluding hydrogens is 529 g/mol. The number of amides is 2. The minimum Gasteiger partial charge on any atom is -0.352 e. The van der Waals surface area contributed by atoms with Gasteiger partial charge in [0.2, 0.25) is 11.8 Å². The van der Waals surface area contributed by atoms with Crippen LogP contribution in [0.5, 0.6) is 0 Å². The summed E-state index contributed by atoms with van der Waals surface area (Å²) < 4.78 is 42.3. The lowest BCUT2D eigenvalue weighted by molar-refractivity contribution is -0.140. The van der Waals surface area contributed by atoms with Crippen LogP contribution >= 0.6 is 0 Å². The zero-order chi connectivity index (χ0) is 28.7. The lowest BCUT2D eigenvalue weighted by Gasteiger charge is -2.33. The van der Waals surface area contributed by atoms with Crippen molar-refractivity contribution in [2.45, 2.75) is 69.5 Å². The van der Waals surface area contributed by atoms with E-state index in [9.17, 15) is 22.4 Å². The first-order chi connectivity index (χ1) is 19.2. The number of nitrogens with one attached hydrogen (secondary N) is 1. The standard InChI is InChI=1S/C31H36FN3O4S/c1-3-29(31(37)33-26-12-7-8-13-26)34(21-24-11-9-10-23(2)20-24)30(36)22-35(27-18-16-25(32)17-19-27)40(38,39)28-14-5-4-6-15-28/h4-6,9-11,14-20,26,29H,3,7-8,12-13,21-22H2,1-2H3,(H,33,37)/t29-/m0/s1. The molecule has 1 aliphatic carbocycles. The molecule has 0 aromatic heterocycles. The van der Waals surface area contributed by atoms with E-state index >= 15 is 0 Å². The number of halogens is 1. The van der Waals surface area contributed by atoms with Gasteiger partial charge in [-0.05, 0) is 68.1 Å². The Morgan fingerprint density at radius 2 is 1.65 bits per heavy atom. The highest BCUT2D eigenvalue weighted by atomic mass is 32.2. The predicted octanol–water partition coefficient (Wildman–Crippen LogP) is 5.20. The van der Waals surface area contributed by atoms with Crippen LogP contribution in [0.15, 0.2) is 83.8 Å². The van der Waals surface area contributed by atoms with Crippen LogP contribution in [0, 0.1) is 12.7 Å². The topological polar surface area (TPSA) is 86.8 Å². The lowest BCUT2D eigenvalue weighted by Crippen LogP contribution is -2.53. The van der Waals surface area contributed by atoms with Gasteiger partial charge in [-0.25, -0.2) is 12.8 Å². The summed E-state index contributed by atoms with van der Waals surface area (Å²) in [6, 6.07) is 19.7. The minimum absolute atomic E-state index is 0.00313. The minimum atomic E-state index is -4.18. The number of carbonyl (C=O) groups is 2. The quantitative estimate of drug-likeness (QED) is 0.347. The van der Waals surface area contributed by atoms with Crippen molar-refractivity contribution >= 4 is 27.5 Å². The van der Waals surface area contributed by atoms with Gasteiger partial charge < -0.3 is 10.2 Å². The molecule has 0 spiro atoms. The fraction of sp³-hybridized carbons (Fsp3) is 0.355. The van der Waals surface area contributed by atoms with Gasteiger partial charge in [0.15, 0.2) is 0 Å². The number of sulfonamides is 1. The second-order valence-electron chi connectivity index (χ2n) is 10.2. The Morgan fingerprint density at radius 1 is 0.975 bits per heavy atom. The monoisotopic (exact) mass is 565 g/mol. The van der Waals surface area contributed by atoms with Crippen LogP contribution in [-0.2, 0) is 26.2 Å². The van der Waals surface area contributed by atoms with Crippen LogP contribution in [-0.4, -0.2) is 43.8 Å². The van der Waals surface area contributed by atoms with Gasteiger partial charge >= 0.3 is 0 Å². The number of aryl methyl sites for hydroxylation is 1. The average molecular weight is 566 g/mol. The summed E-state index contributed by atoms with van der Waals surface area (Å²) in [6.45, 7) is 3.37. The Hall–Kier alpha value is -3.72. The Kier molecular flexibility index (Phi) is 9.58. The molecule has 4 rings (SSSR count). The van der Waals surface area contributed by atoms with E-state index in [0.29, 0.717) is 6.42 Å². The molecule has 0 radical (unpaired) electrons. The first kappa shape index (κ1) is 29.3. The van der Waals surface area contributed by atoms with Gasteiger partial charge in [0.1, 0.15) is 18.4 Å². The molecular formula is C31H36FN3O4S. The van der Waals surface area contributed by atoms with E-state index in [1.165, 1.54) is 29.2 Å². The van der Waals surface area contributed by atoms with Crippen molar-refractivity contribution in [2.75, 3.05) is 10.8 Å². The molecule has 212 valence electrons. The van der Waals surface area contributed by atoms with Crippen molar-refractivity contribution in [3.05, 3.63) is 95.8 Å². The van der Waals surface area contributed by atoms with E-state index in [0.717, 1.165) is 53.2 Å². The van der Waals surface area contributed by atoms with Crippen LogP contribution in [0.25, 0.3) is 0 Å². The first-order valence-corrected chi connectivity index (χ1v) is 15.1. The summed E-state index contributed by atoms with van der Waals surface area (Å²) in [4.78, 5) is 29.0. The molecule has 9 heteroatoms. The van der Waals surface area contributed by atoms with Gasteiger partial charge in [-0.3, -0.25) is 13.9 Å². The zero-order valence-electron chi connectivity index (χ0n) is 22.9. The van der Waals surface area contributed by atoms with Crippen molar-refractivity contribution in [1.82, 2.24) is 10.2 Å². The molecule has 2 amide bonds. The molecule has 0 bridgehead atoms. The molecule has 3 aromatic carbocycles. The molecule has 7 nitrogen and oxygen atoms in total. The Labute approximate surface area is 236 Å². The molecule has 0 unspecified atom stereocenters. The fourth-order valence-electron chi connectivity index (χ4n) is 5.15. The van der Waals surface area contributed by atoms with Crippen molar-refractivity contribution in [2.24, 2.45) is 0 Å². The van der Waals surface area contributed by atoms with Crippen molar-refractivity contribution < 1.29 is 22.4 Å². The van der Waals surface area contributed by atoms with Gasteiger partial charge in [-0.1, -0.05) is 67.8 Å². The van der Waals surface area contributed by atoms with Gasteiger partial charge in [0.05, 0.1) is 10.6 Å². The second kappa shape index (κ2) is 13.1. The number of nitrogens with zero attached hydrogens (tertiary/aromatic N) is 2. The van der Waals surface area contributed by atoms with E-state index in [4.69, 9.17) is 0 Å². The average Bonchev–Trinajstić information content (AvgIpc) is 3.45. The van der Waals surface area contributed by atoms with Crippen LogP contribution in [0.2, 0.25) is 0 Å². The highest BCUT2D eigenvalue weighted by Crippen LogP contribution is 2.25. The molecule has 1 atom stereocenters. The number of benzene rings is 3. The van der Waals surface area contributed by atoms with E-state index in [1.54, 1.807) is 18.2 Å². The van der Waals surface area contributed by atoms with Gasteiger partial charge in [0, 0.05) is 12.6 Å². The molecule has 40 heavy (non-hydrogen) atoms. The third kappa shape index (κ3) is 7.07. The molecule has 1 fully saturated rings. The molecule has 1 N–H and O–H groups in total. The summed E-state index contributed by atoms with van der Waals surface area (Å²) in [5.41, 5.74) is 1.99. The summed E-state index contributed by atoms with van der Waals surface area (Å²) in [7, 11) is -4.18. The molecule has 3 aromatic rings. The van der Waals surface area contributed by atoms with E-state index in [1.807, 2.05) is 38.1 Å². The summed E-state index contributed by atoms with van der Waals surface area (Å²) >= 11 is 0. The SMILES string of the molecule is CC[C@@H](C(=O)NC1CCCC1)N(Cc1cccc(C)c1)C(=O)CN(c1ccc(F)cc1)S(=O)(=O)c1ccccc1. The number of hydrogen-bond acceptors (Lipinski definition) is 4. The van der Waals surface area contributed by atoms with Gasteiger partial charge in [-0.2, -0.15) is 0 Å². The molecule has 0 saturated heterocycles. The maximum atomic E-state index is 14.1. The summed E-state index contributed by atoms with van der Waals surface area (Å²) in [6.07, 6.45) is 4.27. The second-order valence-corrected chi connectivity index (χ2v) is 12.1. The lowest BCUT2D eigenvalue weighted by atomic mass is 10.1. The molecule has 0 aliphatic heterocycles. The smallest absolute Gasteiger partial charge is 0.264 e. The molecule has 1 saturated carbocycles.